The van der Waals surface area contributed by atoms with Crippen LogP contribution in [0.3, 0.4) is 0 Å². The Kier molecular flexibility index (Phi) is 4.40. The van der Waals surface area contributed by atoms with Crippen LogP contribution in [0.5, 0.6) is 0 Å². The summed E-state index contributed by atoms with van der Waals surface area (Å²) >= 11 is 0. The Morgan fingerprint density at radius 3 is 2.33 bits per heavy atom. The van der Waals surface area contributed by atoms with Crippen molar-refractivity contribution >= 4 is 5.97 Å². The van der Waals surface area contributed by atoms with Crippen LogP contribution in [0, 0.1) is 5.41 Å². The third-order valence-electron chi connectivity index (χ3n) is 1.11. The highest BCUT2D eigenvalue weighted by molar-refractivity contribution is 5.75. The van der Waals surface area contributed by atoms with Crippen LogP contribution in [0.2, 0.25) is 0 Å². The summed E-state index contributed by atoms with van der Waals surface area (Å²) in [5.41, 5.74) is -0.462. The van der Waals surface area contributed by atoms with E-state index in [-0.39, 0.29) is 5.97 Å². The van der Waals surface area contributed by atoms with Gasteiger partial charge in [-0.25, -0.2) is 0 Å². The maximum absolute atomic E-state index is 11.1. The lowest BCUT2D eigenvalue weighted by molar-refractivity contribution is -0.147. The fraction of sp³-hybridized carbons (Fsp3) is 0.667. The van der Waals surface area contributed by atoms with Gasteiger partial charge in [0, 0.05) is 0 Å². The van der Waals surface area contributed by atoms with Crippen LogP contribution in [-0.4, -0.2) is 12.6 Å². The van der Waals surface area contributed by atoms with Gasteiger partial charge in [-0.15, -0.1) is 0 Å². The van der Waals surface area contributed by atoms with Crippen LogP contribution in [0.1, 0.15) is 27.7 Å². The first-order valence-electron chi connectivity index (χ1n) is 3.96. The van der Waals surface area contributed by atoms with E-state index in [4.69, 9.17) is 9.47 Å². The van der Waals surface area contributed by atoms with Gasteiger partial charge in [-0.2, -0.15) is 0 Å². The molecule has 0 unspecified atom stereocenters. The number of carbonyl (C=O) groups is 1. The number of hydrogen-bond donors (Lipinski definition) is 0. The van der Waals surface area contributed by atoms with E-state index in [9.17, 15) is 4.79 Å². The fourth-order valence-electron chi connectivity index (χ4n) is 0.402. The van der Waals surface area contributed by atoms with E-state index in [1.54, 1.807) is 20.8 Å². The summed E-state index contributed by atoms with van der Waals surface area (Å²) < 4.78 is 9.60. The molecule has 0 saturated heterocycles. The molecule has 0 aliphatic carbocycles. The van der Waals surface area contributed by atoms with E-state index in [1.165, 1.54) is 12.5 Å². The maximum Gasteiger partial charge on any atom is 0.316 e. The Balaban J connectivity index is 3.72. The molecular weight excluding hydrogens is 156 g/mol. The largest absolute Gasteiger partial charge is 0.498 e. The van der Waals surface area contributed by atoms with Crippen LogP contribution in [-0.2, 0) is 14.3 Å². The van der Waals surface area contributed by atoms with Gasteiger partial charge in [0.05, 0.1) is 12.0 Å². The second kappa shape index (κ2) is 4.80. The topological polar surface area (TPSA) is 35.5 Å². The molecule has 0 saturated carbocycles. The van der Waals surface area contributed by atoms with E-state index in [2.05, 4.69) is 0 Å². The van der Waals surface area contributed by atoms with Gasteiger partial charge in [0.2, 0.25) is 0 Å². The van der Waals surface area contributed by atoms with Crippen LogP contribution in [0.15, 0.2) is 12.5 Å². The van der Waals surface area contributed by atoms with Crippen molar-refractivity contribution in [2.45, 2.75) is 27.7 Å². The van der Waals surface area contributed by atoms with Crippen molar-refractivity contribution in [3.8, 4) is 0 Å². The molecule has 3 heteroatoms. The molecule has 0 radical (unpaired) electrons. The zero-order chi connectivity index (χ0) is 9.61. The Morgan fingerprint density at radius 1 is 1.33 bits per heavy atom. The van der Waals surface area contributed by atoms with Crippen LogP contribution < -0.4 is 0 Å². The van der Waals surface area contributed by atoms with E-state index in [0.29, 0.717) is 6.61 Å². The molecule has 0 heterocycles. The SMILES string of the molecule is CCOC=COC(=O)C(C)(C)C. The van der Waals surface area contributed by atoms with Gasteiger partial charge in [0.25, 0.3) is 0 Å². The highest BCUT2D eigenvalue weighted by Gasteiger charge is 2.22. The number of rotatable bonds is 3. The normalized spacial score (nSPS) is 11.7. The summed E-state index contributed by atoms with van der Waals surface area (Å²) in [6, 6.07) is 0. The molecule has 0 aromatic heterocycles. The van der Waals surface area contributed by atoms with E-state index < -0.39 is 5.41 Å². The number of ether oxygens (including phenoxy) is 2. The molecule has 0 aromatic carbocycles. The van der Waals surface area contributed by atoms with Gasteiger partial charge in [-0.3, -0.25) is 4.79 Å². The fourth-order valence-corrected chi connectivity index (χ4v) is 0.402. The Morgan fingerprint density at radius 2 is 1.92 bits per heavy atom. The minimum atomic E-state index is -0.462. The lowest BCUT2D eigenvalue weighted by Gasteiger charge is -2.13. The van der Waals surface area contributed by atoms with Gasteiger partial charge < -0.3 is 9.47 Å². The number of carbonyl (C=O) groups excluding carboxylic acids is 1. The summed E-state index contributed by atoms with van der Waals surface area (Å²) in [6.07, 6.45) is 2.63. The Labute approximate surface area is 73.4 Å². The molecule has 0 atom stereocenters. The molecule has 0 aromatic rings. The monoisotopic (exact) mass is 172 g/mol. The average Bonchev–Trinajstić information content (AvgIpc) is 1.96. The van der Waals surface area contributed by atoms with Gasteiger partial charge >= 0.3 is 5.97 Å². The second-order valence-electron chi connectivity index (χ2n) is 3.38. The summed E-state index contributed by atoms with van der Waals surface area (Å²) in [4.78, 5) is 11.1. The third kappa shape index (κ3) is 4.77. The zero-order valence-corrected chi connectivity index (χ0v) is 8.09. The van der Waals surface area contributed by atoms with Crippen molar-refractivity contribution in [1.82, 2.24) is 0 Å². The first-order chi connectivity index (χ1) is 5.48. The molecule has 0 rings (SSSR count). The van der Waals surface area contributed by atoms with Crippen molar-refractivity contribution < 1.29 is 14.3 Å². The van der Waals surface area contributed by atoms with E-state index in [0.717, 1.165) is 0 Å². The Hall–Kier alpha value is -0.990. The lowest BCUT2D eigenvalue weighted by Crippen LogP contribution is -2.20. The smallest absolute Gasteiger partial charge is 0.316 e. The summed E-state index contributed by atoms with van der Waals surface area (Å²) in [6.45, 7) is 7.82. The molecule has 0 spiro atoms. The standard InChI is InChI=1S/C9H16O3/c1-5-11-6-7-12-8(10)9(2,3)4/h6-7H,5H2,1-4H3. The average molecular weight is 172 g/mol. The molecule has 3 nitrogen and oxygen atoms in total. The molecule has 0 fully saturated rings. The minimum Gasteiger partial charge on any atom is -0.498 e. The van der Waals surface area contributed by atoms with Crippen molar-refractivity contribution in [3.63, 3.8) is 0 Å². The highest BCUT2D eigenvalue weighted by atomic mass is 16.5. The van der Waals surface area contributed by atoms with Crippen LogP contribution >= 0.6 is 0 Å². The summed E-state index contributed by atoms with van der Waals surface area (Å²) in [5, 5.41) is 0. The first kappa shape index (κ1) is 11.0. The quantitative estimate of drug-likeness (QED) is 0.483. The number of esters is 1. The minimum absolute atomic E-state index is 0.265. The summed E-state index contributed by atoms with van der Waals surface area (Å²) in [7, 11) is 0. The molecule has 12 heavy (non-hydrogen) atoms. The van der Waals surface area contributed by atoms with Crippen molar-refractivity contribution in [2.75, 3.05) is 6.61 Å². The van der Waals surface area contributed by atoms with Crippen LogP contribution in [0.4, 0.5) is 0 Å². The molecule has 0 N–H and O–H groups in total. The van der Waals surface area contributed by atoms with E-state index >= 15 is 0 Å². The molecule has 0 amide bonds. The van der Waals surface area contributed by atoms with Crippen molar-refractivity contribution in [3.05, 3.63) is 12.5 Å². The molecule has 0 aliphatic heterocycles. The molecule has 70 valence electrons. The highest BCUT2D eigenvalue weighted by Crippen LogP contribution is 2.14. The predicted octanol–water partition coefficient (Wildman–Crippen LogP) is 2.08. The molecular formula is C9H16O3. The first-order valence-corrected chi connectivity index (χ1v) is 3.96. The number of hydrogen-bond acceptors (Lipinski definition) is 3. The predicted molar refractivity (Wildman–Crippen MR) is 46.3 cm³/mol. The van der Waals surface area contributed by atoms with Gasteiger partial charge in [0.15, 0.2) is 0 Å². The maximum atomic E-state index is 11.1. The van der Waals surface area contributed by atoms with Gasteiger partial charge in [-0.1, -0.05) is 0 Å². The lowest BCUT2D eigenvalue weighted by atomic mass is 9.98. The summed E-state index contributed by atoms with van der Waals surface area (Å²) in [5.74, 6) is -0.265. The van der Waals surface area contributed by atoms with Crippen molar-refractivity contribution in [1.29, 1.82) is 0 Å². The van der Waals surface area contributed by atoms with Crippen LogP contribution in [0.25, 0.3) is 0 Å². The third-order valence-corrected chi connectivity index (χ3v) is 1.11. The van der Waals surface area contributed by atoms with E-state index in [1.807, 2.05) is 6.92 Å². The van der Waals surface area contributed by atoms with Gasteiger partial charge in [-0.05, 0) is 27.7 Å². The molecule has 0 bridgehead atoms. The second-order valence-corrected chi connectivity index (χ2v) is 3.38. The zero-order valence-electron chi connectivity index (χ0n) is 8.09. The Bertz CT molecular complexity index is 165. The van der Waals surface area contributed by atoms with Gasteiger partial charge in [0.1, 0.15) is 12.5 Å². The molecule has 0 aliphatic rings. The van der Waals surface area contributed by atoms with Crippen molar-refractivity contribution in [2.24, 2.45) is 5.41 Å².